The van der Waals surface area contributed by atoms with E-state index in [0.717, 1.165) is 0 Å². The normalized spacial score (nSPS) is 17.9. The van der Waals surface area contributed by atoms with E-state index >= 15 is 0 Å². The van der Waals surface area contributed by atoms with Crippen molar-refractivity contribution in [3.8, 4) is 5.75 Å². The van der Waals surface area contributed by atoms with Crippen LogP contribution in [0, 0.1) is 5.82 Å². The first-order valence-electron chi connectivity index (χ1n) is 9.94. The van der Waals surface area contributed by atoms with E-state index < -0.39 is 29.3 Å². The van der Waals surface area contributed by atoms with Crippen LogP contribution in [0.2, 0.25) is 0 Å². The van der Waals surface area contributed by atoms with Crippen molar-refractivity contribution >= 4 is 17.4 Å². The molecule has 31 heavy (non-hydrogen) atoms. The van der Waals surface area contributed by atoms with Crippen LogP contribution in [0.1, 0.15) is 24.1 Å². The second-order valence-corrected chi connectivity index (χ2v) is 6.81. The van der Waals surface area contributed by atoms with Crippen molar-refractivity contribution in [2.24, 2.45) is 0 Å². The third-order valence-electron chi connectivity index (χ3n) is 4.89. The van der Waals surface area contributed by atoms with Crippen molar-refractivity contribution in [1.82, 2.24) is 4.90 Å². The standard InChI is InChI=1S/C23H24FNO6/c1-2-31-16-9-7-15(8-10-16)21(27)19-20(17-5-3-4-6-18(17)24)25(23(29)22(19)28)11-13-30-14-12-26/h3-10,20,26-27H,2,11-14H2,1H3/t20-/m0/s1. The molecule has 1 amide bonds. The van der Waals surface area contributed by atoms with Gasteiger partial charge < -0.3 is 24.6 Å². The fraction of sp³-hybridized carbons (Fsp3) is 0.304. The minimum absolute atomic E-state index is 0.0103. The van der Waals surface area contributed by atoms with Gasteiger partial charge in [-0.3, -0.25) is 9.59 Å². The Bertz CT molecular complexity index is 972. The number of carbonyl (C=O) groups is 2. The van der Waals surface area contributed by atoms with Gasteiger partial charge in [0.1, 0.15) is 17.3 Å². The van der Waals surface area contributed by atoms with Crippen LogP contribution < -0.4 is 4.74 Å². The third kappa shape index (κ3) is 4.76. The van der Waals surface area contributed by atoms with Crippen molar-refractivity contribution in [2.45, 2.75) is 13.0 Å². The lowest BCUT2D eigenvalue weighted by Gasteiger charge is -2.25. The maximum atomic E-state index is 14.7. The average Bonchev–Trinajstić information content (AvgIpc) is 3.02. The van der Waals surface area contributed by atoms with E-state index in [1.54, 1.807) is 30.3 Å². The molecule has 8 heteroatoms. The fourth-order valence-corrected chi connectivity index (χ4v) is 3.49. The van der Waals surface area contributed by atoms with Gasteiger partial charge in [0.25, 0.3) is 11.7 Å². The lowest BCUT2D eigenvalue weighted by atomic mass is 9.95. The van der Waals surface area contributed by atoms with E-state index in [0.29, 0.717) is 17.9 Å². The summed E-state index contributed by atoms with van der Waals surface area (Å²) < 4.78 is 25.3. The summed E-state index contributed by atoms with van der Waals surface area (Å²) in [6, 6.07) is 11.1. The maximum absolute atomic E-state index is 14.7. The molecule has 2 aromatic rings. The van der Waals surface area contributed by atoms with Crippen molar-refractivity contribution in [2.75, 3.05) is 33.0 Å². The van der Waals surface area contributed by atoms with Crippen LogP contribution >= 0.6 is 0 Å². The highest BCUT2D eigenvalue weighted by Gasteiger charge is 2.46. The van der Waals surface area contributed by atoms with Crippen molar-refractivity contribution < 1.29 is 33.7 Å². The minimum atomic E-state index is -1.11. The van der Waals surface area contributed by atoms with Gasteiger partial charge in [-0.25, -0.2) is 4.39 Å². The minimum Gasteiger partial charge on any atom is -0.507 e. The number of hydrogen-bond donors (Lipinski definition) is 2. The molecule has 0 saturated carbocycles. The number of hydrogen-bond acceptors (Lipinski definition) is 6. The summed E-state index contributed by atoms with van der Waals surface area (Å²) >= 11 is 0. The van der Waals surface area contributed by atoms with E-state index in [4.69, 9.17) is 14.6 Å². The number of carbonyl (C=O) groups excluding carboxylic acids is 2. The summed E-state index contributed by atoms with van der Waals surface area (Å²) in [5, 5.41) is 19.8. The van der Waals surface area contributed by atoms with E-state index in [9.17, 15) is 19.1 Å². The Morgan fingerprint density at radius 1 is 1.10 bits per heavy atom. The van der Waals surface area contributed by atoms with Gasteiger partial charge in [-0.15, -0.1) is 0 Å². The monoisotopic (exact) mass is 429 g/mol. The van der Waals surface area contributed by atoms with Crippen LogP contribution in [0.25, 0.3) is 5.76 Å². The summed E-state index contributed by atoms with van der Waals surface area (Å²) in [6.45, 7) is 2.23. The first-order chi connectivity index (χ1) is 15.0. The van der Waals surface area contributed by atoms with Gasteiger partial charge in [0, 0.05) is 17.7 Å². The summed E-state index contributed by atoms with van der Waals surface area (Å²) in [5.41, 5.74) is 0.206. The van der Waals surface area contributed by atoms with Crippen LogP contribution in [-0.4, -0.2) is 59.8 Å². The topological polar surface area (TPSA) is 96.3 Å². The van der Waals surface area contributed by atoms with Crippen molar-refractivity contribution in [1.29, 1.82) is 0 Å². The summed E-state index contributed by atoms with van der Waals surface area (Å²) in [4.78, 5) is 26.8. The number of likely N-dealkylation sites (tertiary alicyclic amines) is 1. The van der Waals surface area contributed by atoms with Crippen LogP contribution in [0.15, 0.2) is 54.1 Å². The number of amides is 1. The van der Waals surface area contributed by atoms with Crippen LogP contribution in [0.3, 0.4) is 0 Å². The van der Waals surface area contributed by atoms with Crippen molar-refractivity contribution in [3.63, 3.8) is 0 Å². The van der Waals surface area contributed by atoms with E-state index in [1.165, 1.54) is 23.1 Å². The Hall–Kier alpha value is -3.23. The molecule has 1 aliphatic heterocycles. The zero-order chi connectivity index (χ0) is 22.4. The van der Waals surface area contributed by atoms with Gasteiger partial charge in [0.2, 0.25) is 0 Å². The number of aliphatic hydroxyl groups is 2. The second kappa shape index (κ2) is 10.2. The molecule has 164 valence electrons. The molecule has 1 heterocycles. The summed E-state index contributed by atoms with van der Waals surface area (Å²) in [6.07, 6.45) is 0. The maximum Gasteiger partial charge on any atom is 0.295 e. The average molecular weight is 429 g/mol. The van der Waals surface area contributed by atoms with Gasteiger partial charge >= 0.3 is 0 Å². The van der Waals surface area contributed by atoms with Gasteiger partial charge in [-0.1, -0.05) is 18.2 Å². The smallest absolute Gasteiger partial charge is 0.295 e. The predicted octanol–water partition coefficient (Wildman–Crippen LogP) is 2.66. The molecule has 0 spiro atoms. The zero-order valence-corrected chi connectivity index (χ0v) is 17.1. The van der Waals surface area contributed by atoms with Gasteiger partial charge in [-0.2, -0.15) is 0 Å². The number of Topliss-reactive ketones (excluding diaryl/α,β-unsaturated/α-hetero) is 1. The lowest BCUT2D eigenvalue weighted by Crippen LogP contribution is -2.33. The Morgan fingerprint density at radius 3 is 2.45 bits per heavy atom. The highest BCUT2D eigenvalue weighted by atomic mass is 19.1. The zero-order valence-electron chi connectivity index (χ0n) is 17.1. The van der Waals surface area contributed by atoms with Gasteiger partial charge in [0.15, 0.2) is 0 Å². The molecule has 3 rings (SSSR count). The number of ether oxygens (including phenoxy) is 2. The second-order valence-electron chi connectivity index (χ2n) is 6.81. The number of nitrogens with zero attached hydrogens (tertiary/aromatic N) is 1. The van der Waals surface area contributed by atoms with E-state index in [2.05, 4.69) is 0 Å². The number of benzene rings is 2. The molecule has 0 unspecified atom stereocenters. The third-order valence-corrected chi connectivity index (χ3v) is 4.89. The van der Waals surface area contributed by atoms with Crippen LogP contribution in [0.4, 0.5) is 4.39 Å². The number of halogens is 1. The molecule has 1 aliphatic rings. The quantitative estimate of drug-likeness (QED) is 0.275. The molecule has 7 nitrogen and oxygen atoms in total. The fourth-order valence-electron chi connectivity index (χ4n) is 3.49. The Morgan fingerprint density at radius 2 is 1.81 bits per heavy atom. The Balaban J connectivity index is 2.05. The Kier molecular flexibility index (Phi) is 7.38. The molecular formula is C23H24FNO6. The highest BCUT2D eigenvalue weighted by Crippen LogP contribution is 2.40. The van der Waals surface area contributed by atoms with Gasteiger partial charge in [-0.05, 0) is 37.3 Å². The molecule has 0 aromatic heterocycles. The number of ketones is 1. The number of rotatable bonds is 9. The van der Waals surface area contributed by atoms with Gasteiger partial charge in [0.05, 0.1) is 38.0 Å². The first kappa shape index (κ1) is 22.5. The molecule has 2 N–H and O–H groups in total. The molecule has 1 saturated heterocycles. The first-order valence-corrected chi connectivity index (χ1v) is 9.94. The highest BCUT2D eigenvalue weighted by molar-refractivity contribution is 6.46. The number of aliphatic hydroxyl groups excluding tert-OH is 2. The Labute approximate surface area is 179 Å². The predicted molar refractivity (Wildman–Crippen MR) is 111 cm³/mol. The molecule has 0 bridgehead atoms. The SMILES string of the molecule is CCOc1ccc(C(O)=C2C(=O)C(=O)N(CCOCCO)[C@H]2c2ccccc2F)cc1. The van der Waals surface area contributed by atoms with Crippen LogP contribution in [0.5, 0.6) is 5.75 Å². The molecule has 1 atom stereocenters. The van der Waals surface area contributed by atoms with E-state index in [-0.39, 0.29) is 37.5 Å². The molecule has 1 fully saturated rings. The lowest BCUT2D eigenvalue weighted by molar-refractivity contribution is -0.140. The largest absolute Gasteiger partial charge is 0.507 e. The molecule has 0 radical (unpaired) electrons. The van der Waals surface area contributed by atoms with Crippen LogP contribution in [-0.2, 0) is 14.3 Å². The molecule has 0 aliphatic carbocycles. The summed E-state index contributed by atoms with van der Waals surface area (Å²) in [7, 11) is 0. The summed E-state index contributed by atoms with van der Waals surface area (Å²) in [5.74, 6) is -2.16. The molecule has 2 aromatic carbocycles. The van der Waals surface area contributed by atoms with E-state index in [1.807, 2.05) is 6.92 Å². The molecular weight excluding hydrogens is 405 g/mol. The van der Waals surface area contributed by atoms with Crippen molar-refractivity contribution in [3.05, 3.63) is 71.0 Å².